The average Bonchev–Trinajstić information content (AvgIpc) is 2.41. The molecule has 0 aliphatic carbocycles. The van der Waals surface area contributed by atoms with Gasteiger partial charge < -0.3 is 15.8 Å². The summed E-state index contributed by atoms with van der Waals surface area (Å²) < 4.78 is 5.80. The molecular formula is C12H20N4O4. The highest BCUT2D eigenvalue weighted by Crippen LogP contribution is 2.10. The first-order valence-electron chi connectivity index (χ1n) is 6.44. The van der Waals surface area contributed by atoms with Gasteiger partial charge in [-0.3, -0.25) is 19.1 Å². The minimum atomic E-state index is -0.592. The molecular weight excluding hydrogens is 264 g/mol. The number of H-pyrrole nitrogens is 1. The minimum absolute atomic E-state index is 0.0806. The highest BCUT2D eigenvalue weighted by Gasteiger charge is 2.12. The monoisotopic (exact) mass is 284 g/mol. The van der Waals surface area contributed by atoms with E-state index in [0.717, 1.165) is 12.8 Å². The van der Waals surface area contributed by atoms with Crippen molar-refractivity contribution in [3.8, 4) is 0 Å². The zero-order valence-corrected chi connectivity index (χ0v) is 11.7. The number of ether oxygens (including phenoxy) is 1. The van der Waals surface area contributed by atoms with Gasteiger partial charge in [0.25, 0.3) is 5.56 Å². The summed E-state index contributed by atoms with van der Waals surface area (Å²) in [7, 11) is 1.29. The number of esters is 1. The Morgan fingerprint density at radius 3 is 2.75 bits per heavy atom. The number of hydrogen-bond acceptors (Lipinski definition) is 6. The van der Waals surface area contributed by atoms with E-state index in [1.54, 1.807) is 0 Å². The Morgan fingerprint density at radius 2 is 2.15 bits per heavy atom. The lowest BCUT2D eigenvalue weighted by Crippen LogP contribution is -2.34. The van der Waals surface area contributed by atoms with Gasteiger partial charge in [0, 0.05) is 13.1 Å². The first kappa shape index (κ1) is 15.8. The average molecular weight is 284 g/mol. The molecule has 0 saturated carbocycles. The zero-order valence-electron chi connectivity index (χ0n) is 11.7. The van der Waals surface area contributed by atoms with Crippen molar-refractivity contribution in [2.75, 3.05) is 24.7 Å². The number of hydrogen-bond donors (Lipinski definition) is 3. The minimum Gasteiger partial charge on any atom is -0.469 e. The summed E-state index contributed by atoms with van der Waals surface area (Å²) in [6, 6.07) is 0. The molecule has 1 heterocycles. The van der Waals surface area contributed by atoms with Gasteiger partial charge in [0.05, 0.1) is 13.5 Å². The van der Waals surface area contributed by atoms with E-state index in [-0.39, 0.29) is 24.5 Å². The number of rotatable bonds is 7. The van der Waals surface area contributed by atoms with Crippen LogP contribution in [0.15, 0.2) is 9.59 Å². The highest BCUT2D eigenvalue weighted by atomic mass is 16.5. The number of methoxy groups -OCH3 is 1. The number of unbranched alkanes of at least 4 members (excludes halogenated alkanes) is 1. The van der Waals surface area contributed by atoms with Crippen LogP contribution in [-0.4, -0.2) is 29.2 Å². The Balaban J connectivity index is 2.92. The van der Waals surface area contributed by atoms with E-state index in [1.807, 2.05) is 6.92 Å². The van der Waals surface area contributed by atoms with Gasteiger partial charge >= 0.3 is 11.7 Å². The van der Waals surface area contributed by atoms with Crippen molar-refractivity contribution >= 4 is 17.5 Å². The number of nitrogens with two attached hydrogens (primary N) is 1. The molecule has 0 amide bonds. The number of aromatic amines is 1. The van der Waals surface area contributed by atoms with Crippen molar-refractivity contribution in [2.24, 2.45) is 0 Å². The van der Waals surface area contributed by atoms with Crippen molar-refractivity contribution in [3.63, 3.8) is 0 Å². The topological polar surface area (TPSA) is 119 Å². The molecule has 8 nitrogen and oxygen atoms in total. The van der Waals surface area contributed by atoms with Crippen LogP contribution in [0.25, 0.3) is 0 Å². The lowest BCUT2D eigenvalue weighted by molar-refractivity contribution is -0.140. The Bertz CT molecular complexity index is 576. The van der Waals surface area contributed by atoms with Gasteiger partial charge in [-0.2, -0.15) is 0 Å². The van der Waals surface area contributed by atoms with Gasteiger partial charge in [-0.05, 0) is 6.42 Å². The number of carbonyl (C=O) groups is 1. The predicted molar refractivity (Wildman–Crippen MR) is 75.8 cm³/mol. The highest BCUT2D eigenvalue weighted by molar-refractivity contribution is 5.70. The lowest BCUT2D eigenvalue weighted by Gasteiger charge is -2.13. The van der Waals surface area contributed by atoms with Crippen LogP contribution in [0.2, 0.25) is 0 Å². The lowest BCUT2D eigenvalue weighted by atomic mass is 10.3. The summed E-state index contributed by atoms with van der Waals surface area (Å²) in [4.78, 5) is 36.6. The number of carbonyl (C=O) groups excluding carboxylic acids is 1. The molecule has 1 rings (SSSR count). The summed E-state index contributed by atoms with van der Waals surface area (Å²) >= 11 is 0. The van der Waals surface area contributed by atoms with Crippen LogP contribution < -0.4 is 22.3 Å². The van der Waals surface area contributed by atoms with E-state index in [2.05, 4.69) is 15.0 Å². The van der Waals surface area contributed by atoms with E-state index in [1.165, 1.54) is 11.7 Å². The second-order valence-corrected chi connectivity index (χ2v) is 4.28. The number of aromatic nitrogens is 2. The van der Waals surface area contributed by atoms with Crippen LogP contribution in [0.3, 0.4) is 0 Å². The number of nitrogen functional groups attached to an aromatic ring is 1. The molecule has 0 saturated heterocycles. The van der Waals surface area contributed by atoms with Gasteiger partial charge in [0.1, 0.15) is 11.5 Å². The van der Waals surface area contributed by atoms with Gasteiger partial charge in [0.2, 0.25) is 0 Å². The predicted octanol–water partition coefficient (Wildman–Crippen LogP) is -0.106. The molecule has 0 aromatic carbocycles. The van der Waals surface area contributed by atoms with Crippen LogP contribution >= 0.6 is 0 Å². The van der Waals surface area contributed by atoms with Gasteiger partial charge in [0.15, 0.2) is 0 Å². The molecule has 0 bridgehead atoms. The van der Waals surface area contributed by atoms with E-state index in [4.69, 9.17) is 5.73 Å². The fourth-order valence-corrected chi connectivity index (χ4v) is 1.69. The molecule has 0 radical (unpaired) electrons. The molecule has 4 N–H and O–H groups in total. The molecule has 20 heavy (non-hydrogen) atoms. The number of nitrogens with one attached hydrogen (secondary N) is 2. The largest absolute Gasteiger partial charge is 0.469 e. The van der Waals surface area contributed by atoms with Crippen molar-refractivity contribution in [3.05, 3.63) is 20.8 Å². The van der Waals surface area contributed by atoms with E-state index in [9.17, 15) is 14.4 Å². The van der Waals surface area contributed by atoms with Crippen LogP contribution in [0.1, 0.15) is 26.2 Å². The molecule has 112 valence electrons. The van der Waals surface area contributed by atoms with Crippen LogP contribution in [-0.2, 0) is 16.1 Å². The second-order valence-electron chi connectivity index (χ2n) is 4.28. The van der Waals surface area contributed by atoms with Crippen molar-refractivity contribution in [2.45, 2.75) is 32.7 Å². The SMILES string of the molecule is CCCCn1c(N)c(NCCC(=O)OC)c(=O)[nH]c1=O. The maximum atomic E-state index is 11.7. The fraction of sp³-hybridized carbons (Fsp3) is 0.583. The fourth-order valence-electron chi connectivity index (χ4n) is 1.69. The second kappa shape index (κ2) is 7.37. The van der Waals surface area contributed by atoms with Gasteiger partial charge in [-0.15, -0.1) is 0 Å². The zero-order chi connectivity index (χ0) is 15.1. The summed E-state index contributed by atoms with van der Waals surface area (Å²) in [6.07, 6.45) is 1.78. The smallest absolute Gasteiger partial charge is 0.330 e. The Morgan fingerprint density at radius 1 is 1.45 bits per heavy atom. The summed E-state index contributed by atoms with van der Waals surface area (Å²) in [5, 5.41) is 2.76. The van der Waals surface area contributed by atoms with E-state index >= 15 is 0 Å². The van der Waals surface area contributed by atoms with Crippen molar-refractivity contribution < 1.29 is 9.53 Å². The molecule has 0 aliphatic rings. The van der Waals surface area contributed by atoms with Crippen LogP contribution in [0.5, 0.6) is 0 Å². The van der Waals surface area contributed by atoms with Gasteiger partial charge in [-0.1, -0.05) is 13.3 Å². The molecule has 0 aliphatic heterocycles. The Hall–Kier alpha value is -2.25. The van der Waals surface area contributed by atoms with Gasteiger partial charge in [-0.25, -0.2) is 4.79 Å². The molecule has 0 spiro atoms. The summed E-state index contributed by atoms with van der Waals surface area (Å²) in [6.45, 7) is 2.62. The Kier molecular flexibility index (Phi) is 5.82. The van der Waals surface area contributed by atoms with E-state index < -0.39 is 17.2 Å². The summed E-state index contributed by atoms with van der Waals surface area (Å²) in [5.41, 5.74) is 4.82. The maximum Gasteiger partial charge on any atom is 0.330 e. The molecule has 8 heteroatoms. The first-order chi connectivity index (χ1) is 9.51. The normalized spacial score (nSPS) is 10.3. The maximum absolute atomic E-state index is 11.7. The standard InChI is InChI=1S/C12H20N4O4/c1-3-4-7-16-10(13)9(11(18)15-12(16)19)14-6-5-8(17)20-2/h14H,3-7,13H2,1-2H3,(H,15,18,19). The van der Waals surface area contributed by atoms with Crippen LogP contribution in [0, 0.1) is 0 Å². The van der Waals surface area contributed by atoms with Crippen LogP contribution in [0.4, 0.5) is 11.5 Å². The Labute approximate surface area is 115 Å². The third-order valence-corrected chi connectivity index (χ3v) is 2.83. The number of nitrogens with zero attached hydrogens (tertiary/aromatic N) is 1. The molecule has 1 aromatic heterocycles. The third kappa shape index (κ3) is 3.87. The first-order valence-corrected chi connectivity index (χ1v) is 6.44. The number of anilines is 2. The molecule has 0 atom stereocenters. The summed E-state index contributed by atoms with van der Waals surface area (Å²) in [5.74, 6) is -0.316. The molecule has 1 aromatic rings. The third-order valence-electron chi connectivity index (χ3n) is 2.83. The molecule has 0 fully saturated rings. The van der Waals surface area contributed by atoms with Crippen molar-refractivity contribution in [1.82, 2.24) is 9.55 Å². The molecule has 0 unspecified atom stereocenters. The van der Waals surface area contributed by atoms with E-state index in [0.29, 0.717) is 6.54 Å². The quantitative estimate of drug-likeness (QED) is 0.601. The van der Waals surface area contributed by atoms with Crippen molar-refractivity contribution in [1.29, 1.82) is 0 Å².